The Bertz CT molecular complexity index is 551. The third-order valence-electron chi connectivity index (χ3n) is 2.15. The van der Waals surface area contributed by atoms with E-state index < -0.39 is 0 Å². The lowest BCUT2D eigenvalue weighted by molar-refractivity contribution is 0.318. The number of aryl methyl sites for hydroxylation is 1. The summed E-state index contributed by atoms with van der Waals surface area (Å²) in [6, 6.07) is 1.69. The van der Waals surface area contributed by atoms with E-state index in [0.717, 1.165) is 10.1 Å². The van der Waals surface area contributed by atoms with Crippen molar-refractivity contribution in [3.63, 3.8) is 0 Å². The molecule has 0 bridgehead atoms. The molecule has 2 rings (SSSR count). The van der Waals surface area contributed by atoms with Gasteiger partial charge in [-0.2, -0.15) is 0 Å². The normalized spacial score (nSPS) is 11.7. The van der Waals surface area contributed by atoms with Gasteiger partial charge in [0.15, 0.2) is 11.0 Å². The third-order valence-corrected chi connectivity index (χ3v) is 3.27. The Morgan fingerprint density at radius 3 is 3.00 bits per heavy atom. The van der Waals surface area contributed by atoms with E-state index in [-0.39, 0.29) is 5.84 Å². The SMILES string of the molecule is Cn1ccnc1Sc1cnccc1/C(N)=N/O. The van der Waals surface area contributed by atoms with Gasteiger partial charge in [-0.25, -0.2) is 4.98 Å². The van der Waals surface area contributed by atoms with Gasteiger partial charge in [-0.15, -0.1) is 0 Å². The zero-order chi connectivity index (χ0) is 12.3. The van der Waals surface area contributed by atoms with Gasteiger partial charge in [0.25, 0.3) is 0 Å². The highest BCUT2D eigenvalue weighted by Gasteiger charge is 2.10. The van der Waals surface area contributed by atoms with Crippen LogP contribution in [-0.2, 0) is 7.05 Å². The number of hydrogen-bond acceptors (Lipinski definition) is 5. The van der Waals surface area contributed by atoms with E-state index in [9.17, 15) is 0 Å². The molecule has 0 spiro atoms. The molecule has 3 N–H and O–H groups in total. The smallest absolute Gasteiger partial charge is 0.172 e. The molecule has 0 aliphatic carbocycles. The van der Waals surface area contributed by atoms with Crippen molar-refractivity contribution in [2.75, 3.05) is 0 Å². The van der Waals surface area contributed by atoms with Crippen LogP contribution in [0.4, 0.5) is 0 Å². The maximum absolute atomic E-state index is 8.71. The molecule has 0 fully saturated rings. The Morgan fingerprint density at radius 2 is 2.35 bits per heavy atom. The minimum atomic E-state index is 0.0594. The lowest BCUT2D eigenvalue weighted by Gasteiger charge is -2.06. The number of hydrogen-bond donors (Lipinski definition) is 2. The van der Waals surface area contributed by atoms with Crippen molar-refractivity contribution in [1.29, 1.82) is 0 Å². The first kappa shape index (κ1) is 11.5. The zero-order valence-electron chi connectivity index (χ0n) is 9.11. The van der Waals surface area contributed by atoms with Gasteiger partial charge in [-0.3, -0.25) is 4.98 Å². The second kappa shape index (κ2) is 4.88. The summed E-state index contributed by atoms with van der Waals surface area (Å²) in [6.45, 7) is 0. The van der Waals surface area contributed by atoms with Crippen LogP contribution in [0.3, 0.4) is 0 Å². The highest BCUT2D eigenvalue weighted by Crippen LogP contribution is 2.27. The first-order chi connectivity index (χ1) is 8.22. The number of amidine groups is 1. The quantitative estimate of drug-likeness (QED) is 0.367. The van der Waals surface area contributed by atoms with Crippen molar-refractivity contribution < 1.29 is 5.21 Å². The van der Waals surface area contributed by atoms with Gasteiger partial charge < -0.3 is 15.5 Å². The lowest BCUT2D eigenvalue weighted by atomic mass is 10.2. The largest absolute Gasteiger partial charge is 0.409 e. The van der Waals surface area contributed by atoms with Crippen molar-refractivity contribution in [2.45, 2.75) is 10.1 Å². The van der Waals surface area contributed by atoms with Crippen molar-refractivity contribution in [3.8, 4) is 0 Å². The van der Waals surface area contributed by atoms with E-state index in [0.29, 0.717) is 5.56 Å². The summed E-state index contributed by atoms with van der Waals surface area (Å²) in [5.41, 5.74) is 6.23. The molecule has 2 aromatic rings. The fraction of sp³-hybridized carbons (Fsp3) is 0.100. The number of imidazole rings is 1. The van der Waals surface area contributed by atoms with Crippen LogP contribution in [0.15, 0.2) is 46.1 Å². The van der Waals surface area contributed by atoms with Crippen LogP contribution in [-0.4, -0.2) is 25.6 Å². The van der Waals surface area contributed by atoms with Crippen LogP contribution in [0.5, 0.6) is 0 Å². The van der Waals surface area contributed by atoms with Crippen LogP contribution >= 0.6 is 11.8 Å². The fourth-order valence-electron chi connectivity index (χ4n) is 1.28. The molecule has 7 heteroatoms. The van der Waals surface area contributed by atoms with Crippen molar-refractivity contribution in [3.05, 3.63) is 36.4 Å². The Kier molecular flexibility index (Phi) is 3.29. The van der Waals surface area contributed by atoms with E-state index in [1.54, 1.807) is 24.7 Å². The summed E-state index contributed by atoms with van der Waals surface area (Å²) < 4.78 is 1.88. The van der Waals surface area contributed by atoms with Crippen LogP contribution in [0, 0.1) is 0 Å². The van der Waals surface area contributed by atoms with Gasteiger partial charge in [-0.05, 0) is 17.8 Å². The summed E-state index contributed by atoms with van der Waals surface area (Å²) in [7, 11) is 1.90. The molecule has 0 saturated carbocycles. The van der Waals surface area contributed by atoms with Gasteiger partial charge in [0, 0.05) is 42.3 Å². The molecular formula is C10H11N5OS. The van der Waals surface area contributed by atoms with Gasteiger partial charge >= 0.3 is 0 Å². The number of pyridine rings is 1. The lowest BCUT2D eigenvalue weighted by Crippen LogP contribution is -2.14. The molecule has 2 aromatic heterocycles. The van der Waals surface area contributed by atoms with Crippen LogP contribution < -0.4 is 5.73 Å². The molecule has 17 heavy (non-hydrogen) atoms. The Hall–Kier alpha value is -2.02. The van der Waals surface area contributed by atoms with Crippen molar-refractivity contribution in [1.82, 2.24) is 14.5 Å². The maximum Gasteiger partial charge on any atom is 0.172 e. The molecule has 0 radical (unpaired) electrons. The second-order valence-electron chi connectivity index (χ2n) is 3.28. The number of rotatable bonds is 3. The number of aromatic nitrogens is 3. The number of nitrogens with two attached hydrogens (primary N) is 1. The Balaban J connectivity index is 2.36. The molecule has 0 atom stereocenters. The highest BCUT2D eigenvalue weighted by atomic mass is 32.2. The topological polar surface area (TPSA) is 89.3 Å². The van der Waals surface area contributed by atoms with E-state index in [1.165, 1.54) is 11.8 Å². The fourth-order valence-corrected chi connectivity index (χ4v) is 2.19. The molecule has 0 unspecified atom stereocenters. The standard InChI is InChI=1S/C10H11N5OS/c1-15-5-4-13-10(15)17-8-6-12-3-2-7(8)9(11)14-16/h2-6,16H,1H3,(H2,11,14). The van der Waals surface area contributed by atoms with E-state index in [1.807, 2.05) is 17.8 Å². The molecular weight excluding hydrogens is 238 g/mol. The van der Waals surface area contributed by atoms with E-state index in [4.69, 9.17) is 10.9 Å². The molecule has 6 nitrogen and oxygen atoms in total. The number of nitrogens with zero attached hydrogens (tertiary/aromatic N) is 4. The molecule has 2 heterocycles. The Labute approximate surface area is 102 Å². The first-order valence-electron chi connectivity index (χ1n) is 4.79. The molecule has 0 amide bonds. The number of oxime groups is 1. The summed E-state index contributed by atoms with van der Waals surface area (Å²) >= 11 is 1.41. The summed E-state index contributed by atoms with van der Waals surface area (Å²) in [5.74, 6) is 0.0594. The summed E-state index contributed by atoms with van der Waals surface area (Å²) in [5, 5.41) is 12.5. The summed E-state index contributed by atoms with van der Waals surface area (Å²) in [6.07, 6.45) is 6.81. The van der Waals surface area contributed by atoms with Gasteiger partial charge in [0.05, 0.1) is 0 Å². The van der Waals surface area contributed by atoms with E-state index >= 15 is 0 Å². The third kappa shape index (κ3) is 2.39. The van der Waals surface area contributed by atoms with Crippen LogP contribution in [0.25, 0.3) is 0 Å². The van der Waals surface area contributed by atoms with Gasteiger partial charge in [0.1, 0.15) is 0 Å². The molecule has 0 saturated heterocycles. The summed E-state index contributed by atoms with van der Waals surface area (Å²) in [4.78, 5) is 9.00. The zero-order valence-corrected chi connectivity index (χ0v) is 9.92. The van der Waals surface area contributed by atoms with Crippen molar-refractivity contribution in [2.24, 2.45) is 17.9 Å². The highest BCUT2D eigenvalue weighted by molar-refractivity contribution is 7.99. The minimum absolute atomic E-state index is 0.0594. The van der Waals surface area contributed by atoms with Crippen molar-refractivity contribution >= 4 is 17.6 Å². The average Bonchev–Trinajstić information content (AvgIpc) is 2.75. The maximum atomic E-state index is 8.71. The second-order valence-corrected chi connectivity index (χ2v) is 4.29. The monoisotopic (exact) mass is 249 g/mol. The minimum Gasteiger partial charge on any atom is -0.409 e. The van der Waals surface area contributed by atoms with Gasteiger partial charge in [0.2, 0.25) is 0 Å². The molecule has 88 valence electrons. The van der Waals surface area contributed by atoms with Gasteiger partial charge in [-0.1, -0.05) is 5.16 Å². The Morgan fingerprint density at radius 1 is 1.53 bits per heavy atom. The van der Waals surface area contributed by atoms with Crippen LogP contribution in [0.2, 0.25) is 0 Å². The molecule has 0 aliphatic heterocycles. The predicted octanol–water partition coefficient (Wildman–Crippen LogP) is 1.06. The predicted molar refractivity (Wildman–Crippen MR) is 64.1 cm³/mol. The molecule has 0 aliphatic rings. The van der Waals surface area contributed by atoms with E-state index in [2.05, 4.69) is 15.1 Å². The molecule has 0 aromatic carbocycles. The first-order valence-corrected chi connectivity index (χ1v) is 5.61. The van der Waals surface area contributed by atoms with Crippen LogP contribution in [0.1, 0.15) is 5.56 Å². The average molecular weight is 249 g/mol.